The fourth-order valence-corrected chi connectivity index (χ4v) is 0.315. The fraction of sp³-hybridized carbons (Fsp3) is 0.600. The van der Waals surface area contributed by atoms with Gasteiger partial charge in [0.05, 0.1) is 6.10 Å². The molecule has 0 rings (SSSR count). The van der Waals surface area contributed by atoms with Gasteiger partial charge < -0.3 is 4.74 Å². The van der Waals surface area contributed by atoms with E-state index in [2.05, 4.69) is 11.3 Å². The van der Waals surface area contributed by atoms with Crippen molar-refractivity contribution < 1.29 is 9.66 Å². The molecule has 9 heavy (non-hydrogen) atoms. The zero-order valence-electron chi connectivity index (χ0n) is 5.46. The van der Waals surface area contributed by atoms with Crippen LogP contribution in [0.3, 0.4) is 0 Å². The standard InChI is InChI=1S/C5H9NO3/c1-4(2)9-5(3)6(7)8/h4H,3H2,1-2H3. The number of nitrogens with zero attached hydrogens (tertiary/aromatic N) is 1. The third-order valence-electron chi connectivity index (χ3n) is 0.575. The number of ether oxygens (including phenoxy) is 1. The van der Waals surface area contributed by atoms with Crippen LogP contribution in [-0.2, 0) is 4.74 Å². The number of hydrogen-bond donors (Lipinski definition) is 0. The first kappa shape index (κ1) is 7.94. The van der Waals surface area contributed by atoms with E-state index in [1.165, 1.54) is 0 Å². The Labute approximate surface area is 53.3 Å². The lowest BCUT2D eigenvalue weighted by atomic mass is 10.5. The van der Waals surface area contributed by atoms with Gasteiger partial charge in [-0.15, -0.1) is 0 Å². The highest BCUT2D eigenvalue weighted by Crippen LogP contribution is 1.98. The molecule has 0 aliphatic rings. The Morgan fingerprint density at radius 3 is 2.33 bits per heavy atom. The minimum atomic E-state index is -0.653. The van der Waals surface area contributed by atoms with E-state index in [9.17, 15) is 10.1 Å². The van der Waals surface area contributed by atoms with Gasteiger partial charge in [0.1, 0.15) is 4.92 Å². The van der Waals surface area contributed by atoms with Crippen molar-refractivity contribution in [2.45, 2.75) is 20.0 Å². The lowest BCUT2D eigenvalue weighted by molar-refractivity contribution is -0.465. The van der Waals surface area contributed by atoms with Gasteiger partial charge in [0.25, 0.3) is 0 Å². The van der Waals surface area contributed by atoms with E-state index in [-0.39, 0.29) is 6.10 Å². The third-order valence-corrected chi connectivity index (χ3v) is 0.575. The molecule has 0 unspecified atom stereocenters. The van der Waals surface area contributed by atoms with Crippen molar-refractivity contribution >= 4 is 0 Å². The molecule has 0 fully saturated rings. The van der Waals surface area contributed by atoms with Crippen LogP contribution in [0.1, 0.15) is 13.8 Å². The van der Waals surface area contributed by atoms with E-state index >= 15 is 0 Å². The summed E-state index contributed by atoms with van der Waals surface area (Å²) >= 11 is 0. The minimum absolute atomic E-state index is 0.178. The van der Waals surface area contributed by atoms with Gasteiger partial charge in [-0.1, -0.05) is 0 Å². The van der Waals surface area contributed by atoms with E-state index in [1.807, 2.05) is 0 Å². The largest absolute Gasteiger partial charge is 0.438 e. The van der Waals surface area contributed by atoms with E-state index in [0.29, 0.717) is 0 Å². The van der Waals surface area contributed by atoms with Crippen LogP contribution in [-0.4, -0.2) is 11.0 Å². The third kappa shape index (κ3) is 3.52. The molecule has 0 saturated carbocycles. The summed E-state index contributed by atoms with van der Waals surface area (Å²) in [7, 11) is 0. The molecule has 0 amide bonds. The molecule has 0 aromatic rings. The molecule has 4 nitrogen and oxygen atoms in total. The number of rotatable bonds is 3. The first-order valence-electron chi connectivity index (χ1n) is 2.54. The molecule has 0 aliphatic carbocycles. The zero-order chi connectivity index (χ0) is 7.44. The number of hydrogen-bond acceptors (Lipinski definition) is 3. The molecule has 0 saturated heterocycles. The Kier molecular flexibility index (Phi) is 2.70. The van der Waals surface area contributed by atoms with E-state index in [1.54, 1.807) is 13.8 Å². The van der Waals surface area contributed by atoms with Crippen molar-refractivity contribution in [1.82, 2.24) is 0 Å². The van der Waals surface area contributed by atoms with Crippen LogP contribution in [0.5, 0.6) is 0 Å². The monoisotopic (exact) mass is 131 g/mol. The molecule has 0 heterocycles. The van der Waals surface area contributed by atoms with Crippen molar-refractivity contribution in [3.05, 3.63) is 22.6 Å². The Morgan fingerprint density at radius 1 is 1.78 bits per heavy atom. The Hall–Kier alpha value is -1.06. The van der Waals surface area contributed by atoms with E-state index in [4.69, 9.17) is 0 Å². The van der Waals surface area contributed by atoms with Gasteiger partial charge in [-0.2, -0.15) is 0 Å². The molecular formula is C5H9NO3. The van der Waals surface area contributed by atoms with Gasteiger partial charge in [-0.25, -0.2) is 0 Å². The average molecular weight is 131 g/mol. The van der Waals surface area contributed by atoms with Crippen molar-refractivity contribution in [3.8, 4) is 0 Å². The Morgan fingerprint density at radius 2 is 2.22 bits per heavy atom. The predicted octanol–water partition coefficient (Wildman–Crippen LogP) is 1.16. The maximum Gasteiger partial charge on any atom is 0.420 e. The SMILES string of the molecule is C=C(OC(C)C)[N+](=O)[O-]. The summed E-state index contributed by atoms with van der Waals surface area (Å²) in [6, 6.07) is 0. The summed E-state index contributed by atoms with van der Waals surface area (Å²) in [4.78, 5) is 9.16. The molecule has 52 valence electrons. The summed E-state index contributed by atoms with van der Waals surface area (Å²) in [5, 5.41) is 9.82. The topological polar surface area (TPSA) is 52.4 Å². The van der Waals surface area contributed by atoms with Gasteiger partial charge in [0.2, 0.25) is 0 Å². The van der Waals surface area contributed by atoms with Crippen LogP contribution in [0, 0.1) is 10.1 Å². The van der Waals surface area contributed by atoms with Gasteiger partial charge in [0, 0.05) is 6.58 Å². The number of nitro groups is 1. The highest BCUT2D eigenvalue weighted by molar-refractivity contribution is 4.66. The smallest absolute Gasteiger partial charge is 0.420 e. The lowest BCUT2D eigenvalue weighted by Gasteiger charge is -2.03. The first-order chi connectivity index (χ1) is 4.04. The van der Waals surface area contributed by atoms with Crippen LogP contribution >= 0.6 is 0 Å². The normalized spacial score (nSPS) is 9.22. The lowest BCUT2D eigenvalue weighted by Crippen LogP contribution is -2.07. The first-order valence-corrected chi connectivity index (χ1v) is 2.54. The average Bonchev–Trinajstić information content (AvgIpc) is 1.63. The summed E-state index contributed by atoms with van der Waals surface area (Å²) in [6.45, 7) is 6.48. The molecule has 0 aromatic carbocycles. The quantitative estimate of drug-likeness (QED) is 0.328. The Bertz CT molecular complexity index is 130. The van der Waals surface area contributed by atoms with Gasteiger partial charge in [0.15, 0.2) is 0 Å². The van der Waals surface area contributed by atoms with Crippen LogP contribution in [0.2, 0.25) is 0 Å². The predicted molar refractivity (Wildman–Crippen MR) is 32.4 cm³/mol. The fourth-order valence-electron chi connectivity index (χ4n) is 0.315. The van der Waals surface area contributed by atoms with Gasteiger partial charge in [-0.3, -0.25) is 10.1 Å². The summed E-state index contributed by atoms with van der Waals surface area (Å²) < 4.78 is 4.62. The molecule has 0 bridgehead atoms. The molecule has 0 aromatic heterocycles. The van der Waals surface area contributed by atoms with Crippen LogP contribution in [0.15, 0.2) is 12.5 Å². The summed E-state index contributed by atoms with van der Waals surface area (Å²) in [5.74, 6) is -0.398. The van der Waals surface area contributed by atoms with Crippen molar-refractivity contribution in [1.29, 1.82) is 0 Å². The van der Waals surface area contributed by atoms with Crippen molar-refractivity contribution in [2.24, 2.45) is 0 Å². The Balaban J connectivity index is 3.65. The second-order valence-electron chi connectivity index (χ2n) is 1.82. The second kappa shape index (κ2) is 3.06. The van der Waals surface area contributed by atoms with E-state index in [0.717, 1.165) is 0 Å². The van der Waals surface area contributed by atoms with Crippen molar-refractivity contribution in [2.75, 3.05) is 0 Å². The van der Waals surface area contributed by atoms with Crippen LogP contribution < -0.4 is 0 Å². The highest BCUT2D eigenvalue weighted by Gasteiger charge is 2.08. The molecule has 0 radical (unpaired) electrons. The van der Waals surface area contributed by atoms with Gasteiger partial charge in [-0.05, 0) is 13.8 Å². The molecule has 0 N–H and O–H groups in total. The minimum Gasteiger partial charge on any atom is -0.438 e. The molecule has 0 atom stereocenters. The molecule has 4 heteroatoms. The maximum atomic E-state index is 9.82. The van der Waals surface area contributed by atoms with E-state index < -0.39 is 10.8 Å². The summed E-state index contributed by atoms with van der Waals surface area (Å²) in [6.07, 6.45) is -0.178. The second-order valence-corrected chi connectivity index (χ2v) is 1.82. The summed E-state index contributed by atoms with van der Waals surface area (Å²) in [5.41, 5.74) is 0. The highest BCUT2D eigenvalue weighted by atomic mass is 16.7. The molecular weight excluding hydrogens is 122 g/mol. The molecule has 0 spiro atoms. The van der Waals surface area contributed by atoms with Crippen molar-refractivity contribution in [3.63, 3.8) is 0 Å². The van der Waals surface area contributed by atoms with Gasteiger partial charge >= 0.3 is 5.88 Å². The molecule has 0 aliphatic heterocycles. The zero-order valence-corrected chi connectivity index (χ0v) is 5.46. The van der Waals surface area contributed by atoms with Crippen LogP contribution in [0.4, 0.5) is 0 Å². The maximum absolute atomic E-state index is 9.82. The van der Waals surface area contributed by atoms with Crippen LogP contribution in [0.25, 0.3) is 0 Å².